The molecule has 1 atom stereocenters. The van der Waals surface area contributed by atoms with Crippen LogP contribution in [0.5, 0.6) is 5.75 Å². The average Bonchev–Trinajstić information content (AvgIpc) is 3.33. The minimum absolute atomic E-state index is 0.0170. The van der Waals surface area contributed by atoms with Crippen molar-refractivity contribution in [3.8, 4) is 5.75 Å². The first-order valence-corrected chi connectivity index (χ1v) is 9.64. The maximum absolute atomic E-state index is 13.0. The normalized spacial score (nSPS) is 17.7. The van der Waals surface area contributed by atoms with Crippen LogP contribution in [0.3, 0.4) is 0 Å². The van der Waals surface area contributed by atoms with Crippen LogP contribution in [0.25, 0.3) is 5.76 Å². The summed E-state index contributed by atoms with van der Waals surface area (Å²) in [6, 6.07) is 16.3. The third-order valence-electron chi connectivity index (χ3n) is 4.92. The highest BCUT2D eigenvalue weighted by atomic mass is 16.5. The number of anilines is 1. The lowest BCUT2D eigenvalue weighted by molar-refractivity contribution is -0.132. The molecule has 1 amide bonds. The quantitative estimate of drug-likeness (QED) is 0.281. The second-order valence-electron chi connectivity index (χ2n) is 7.00. The summed E-state index contributed by atoms with van der Waals surface area (Å²) in [6.07, 6.45) is 1.63. The number of aliphatic hydroxyl groups is 1. The van der Waals surface area contributed by atoms with E-state index in [1.54, 1.807) is 73.7 Å². The van der Waals surface area contributed by atoms with Crippen molar-refractivity contribution in [2.45, 2.75) is 13.0 Å². The topological polar surface area (TPSA) is 92.9 Å². The van der Waals surface area contributed by atoms with Crippen LogP contribution in [0.15, 0.2) is 83.4 Å². The first-order chi connectivity index (χ1) is 15.0. The lowest BCUT2D eigenvalue weighted by Crippen LogP contribution is -2.29. The number of hydrogen-bond donors (Lipinski definition) is 1. The second-order valence-corrected chi connectivity index (χ2v) is 7.00. The molecule has 0 saturated carbocycles. The van der Waals surface area contributed by atoms with Crippen LogP contribution in [-0.4, -0.2) is 28.6 Å². The largest absolute Gasteiger partial charge is 0.507 e. The second kappa shape index (κ2) is 8.31. The molecule has 0 unspecified atom stereocenters. The fraction of sp³-hybridized carbons (Fsp3) is 0.125. The number of carbonyl (C=O) groups is 2. The highest BCUT2D eigenvalue weighted by Crippen LogP contribution is 2.42. The molecule has 31 heavy (non-hydrogen) atoms. The Morgan fingerprint density at radius 3 is 2.52 bits per heavy atom. The van der Waals surface area contributed by atoms with Crippen LogP contribution in [0.4, 0.5) is 5.82 Å². The van der Waals surface area contributed by atoms with Gasteiger partial charge in [-0.25, -0.2) is 0 Å². The Balaban J connectivity index is 1.86. The minimum atomic E-state index is -0.877. The molecule has 7 heteroatoms. The number of ketones is 1. The van der Waals surface area contributed by atoms with Crippen LogP contribution in [0.2, 0.25) is 0 Å². The van der Waals surface area contributed by atoms with Crippen LogP contribution < -0.4 is 9.64 Å². The number of carbonyl (C=O) groups excluding carboxylic acids is 2. The van der Waals surface area contributed by atoms with Gasteiger partial charge in [0.25, 0.3) is 5.78 Å². The fourth-order valence-corrected chi connectivity index (χ4v) is 3.50. The molecule has 1 N–H and O–H groups in total. The summed E-state index contributed by atoms with van der Waals surface area (Å²) in [7, 11) is 0. The number of hydrogen-bond acceptors (Lipinski definition) is 6. The van der Waals surface area contributed by atoms with Gasteiger partial charge in [0.15, 0.2) is 5.82 Å². The van der Waals surface area contributed by atoms with E-state index in [1.165, 1.54) is 4.90 Å². The number of aromatic nitrogens is 1. The summed E-state index contributed by atoms with van der Waals surface area (Å²) in [5.41, 5.74) is 1.03. The van der Waals surface area contributed by atoms with Crippen LogP contribution in [0, 0.1) is 6.92 Å². The molecule has 3 aromatic rings. The third kappa shape index (κ3) is 3.73. The summed E-state index contributed by atoms with van der Waals surface area (Å²) < 4.78 is 10.6. The van der Waals surface area contributed by atoms with Crippen molar-refractivity contribution in [3.05, 3.63) is 95.8 Å². The summed E-state index contributed by atoms with van der Waals surface area (Å²) in [6.45, 7) is 5.66. The van der Waals surface area contributed by atoms with Crippen LogP contribution in [-0.2, 0) is 9.59 Å². The predicted octanol–water partition coefficient (Wildman–Crippen LogP) is 4.17. The zero-order chi connectivity index (χ0) is 22.0. The van der Waals surface area contributed by atoms with Gasteiger partial charge in [-0.1, -0.05) is 60.3 Å². The number of Topliss-reactive ketones (excluding diaryl/α,β-unsaturated/α-hetero) is 1. The average molecular weight is 416 g/mol. The number of aryl methyl sites for hydroxylation is 1. The predicted molar refractivity (Wildman–Crippen MR) is 115 cm³/mol. The third-order valence-corrected chi connectivity index (χ3v) is 4.92. The first-order valence-electron chi connectivity index (χ1n) is 9.64. The number of amides is 1. The highest BCUT2D eigenvalue weighted by molar-refractivity contribution is 6.51. The van der Waals surface area contributed by atoms with E-state index in [9.17, 15) is 14.7 Å². The van der Waals surface area contributed by atoms with Crippen molar-refractivity contribution >= 4 is 23.3 Å². The molecule has 2 aromatic carbocycles. The van der Waals surface area contributed by atoms with E-state index >= 15 is 0 Å². The Labute approximate surface area is 178 Å². The molecule has 2 heterocycles. The summed E-state index contributed by atoms with van der Waals surface area (Å²) >= 11 is 0. The summed E-state index contributed by atoms with van der Waals surface area (Å²) in [5, 5.41) is 14.9. The molecule has 0 bridgehead atoms. The van der Waals surface area contributed by atoms with Gasteiger partial charge in [0.2, 0.25) is 0 Å². The van der Waals surface area contributed by atoms with Crippen molar-refractivity contribution < 1.29 is 24.0 Å². The van der Waals surface area contributed by atoms with Gasteiger partial charge in [0.05, 0.1) is 11.6 Å². The Bertz CT molecular complexity index is 1160. The van der Waals surface area contributed by atoms with Crippen molar-refractivity contribution in [2.75, 3.05) is 11.5 Å². The van der Waals surface area contributed by atoms with Crippen molar-refractivity contribution in [3.63, 3.8) is 0 Å². The lowest BCUT2D eigenvalue weighted by atomic mass is 9.95. The van der Waals surface area contributed by atoms with E-state index in [1.807, 2.05) is 0 Å². The van der Waals surface area contributed by atoms with Gasteiger partial charge in [0.1, 0.15) is 23.9 Å². The molecule has 1 aromatic heterocycles. The minimum Gasteiger partial charge on any atom is -0.507 e. The molecule has 4 rings (SSSR count). The van der Waals surface area contributed by atoms with Gasteiger partial charge < -0.3 is 14.4 Å². The van der Waals surface area contributed by atoms with E-state index in [0.717, 1.165) is 0 Å². The molecule has 7 nitrogen and oxygen atoms in total. The van der Waals surface area contributed by atoms with Gasteiger partial charge in [-0.2, -0.15) is 0 Å². The van der Waals surface area contributed by atoms with Gasteiger partial charge >= 0.3 is 5.91 Å². The number of nitrogens with zero attached hydrogens (tertiary/aromatic N) is 2. The Hall–Kier alpha value is -4.13. The molecule has 1 aliphatic rings. The molecule has 0 spiro atoms. The zero-order valence-electron chi connectivity index (χ0n) is 16.8. The molecule has 1 aliphatic heterocycles. The molecule has 156 valence electrons. The SMILES string of the molecule is C=CCOc1ccc([C@@H]2/C(=C(\O)c3ccccc3)C(=O)C(=O)N2c2cc(C)on2)cc1. The lowest BCUT2D eigenvalue weighted by Gasteiger charge is -2.23. The van der Waals surface area contributed by atoms with Crippen molar-refractivity contribution in [1.82, 2.24) is 5.16 Å². The van der Waals surface area contributed by atoms with Crippen molar-refractivity contribution in [1.29, 1.82) is 0 Å². The van der Waals surface area contributed by atoms with Gasteiger partial charge in [-0.3, -0.25) is 14.5 Å². The van der Waals surface area contributed by atoms with E-state index in [0.29, 0.717) is 29.2 Å². The molecular weight excluding hydrogens is 396 g/mol. The standard InChI is InChI=1S/C24H20N2O5/c1-3-13-30-18-11-9-16(10-12-18)21-20(22(27)17-7-5-4-6-8-17)23(28)24(29)26(21)19-14-15(2)31-25-19/h3-12,14,21,27H,1,13H2,2H3/b22-20+/t21-/m1/s1. The monoisotopic (exact) mass is 416 g/mol. The fourth-order valence-electron chi connectivity index (χ4n) is 3.50. The Kier molecular flexibility index (Phi) is 5.41. The highest BCUT2D eigenvalue weighted by Gasteiger charge is 2.48. The van der Waals surface area contributed by atoms with Gasteiger partial charge in [-0.15, -0.1) is 0 Å². The number of aliphatic hydroxyl groups excluding tert-OH is 1. The number of ether oxygens (including phenoxy) is 1. The van der Waals surface area contributed by atoms with E-state index in [2.05, 4.69) is 11.7 Å². The molecular formula is C24H20N2O5. The Morgan fingerprint density at radius 2 is 1.90 bits per heavy atom. The van der Waals surface area contributed by atoms with Crippen LogP contribution in [0.1, 0.15) is 22.9 Å². The zero-order valence-corrected chi connectivity index (χ0v) is 16.8. The van der Waals surface area contributed by atoms with Gasteiger partial charge in [-0.05, 0) is 24.6 Å². The number of benzene rings is 2. The summed E-state index contributed by atoms with van der Waals surface area (Å²) in [5.74, 6) is -0.531. The molecule has 1 saturated heterocycles. The number of rotatable bonds is 6. The van der Waals surface area contributed by atoms with Crippen molar-refractivity contribution in [2.24, 2.45) is 0 Å². The maximum atomic E-state index is 13.0. The molecule has 0 aliphatic carbocycles. The summed E-state index contributed by atoms with van der Waals surface area (Å²) in [4.78, 5) is 27.2. The van der Waals surface area contributed by atoms with E-state index in [4.69, 9.17) is 9.26 Å². The Morgan fingerprint density at radius 1 is 1.19 bits per heavy atom. The first kappa shape index (κ1) is 20.2. The smallest absolute Gasteiger partial charge is 0.301 e. The van der Waals surface area contributed by atoms with E-state index in [-0.39, 0.29) is 17.2 Å². The van der Waals surface area contributed by atoms with E-state index < -0.39 is 17.7 Å². The molecule has 1 fully saturated rings. The van der Waals surface area contributed by atoms with Crippen LogP contribution >= 0.6 is 0 Å². The molecule has 0 radical (unpaired) electrons. The van der Waals surface area contributed by atoms with Gasteiger partial charge in [0, 0.05) is 11.6 Å². The maximum Gasteiger partial charge on any atom is 0.301 e.